The lowest BCUT2D eigenvalue weighted by Crippen LogP contribution is -2.21. The van der Waals surface area contributed by atoms with E-state index in [1.807, 2.05) is 18.2 Å². The third kappa shape index (κ3) is 2.21. The molecule has 0 radical (unpaired) electrons. The van der Waals surface area contributed by atoms with Crippen molar-refractivity contribution in [2.24, 2.45) is 0 Å². The molecule has 2 aromatic rings. The number of fused-ring (bicyclic) bond motifs is 1. The Bertz CT molecular complexity index is 658. The van der Waals surface area contributed by atoms with Crippen LogP contribution in [0.15, 0.2) is 29.1 Å². The number of aryl methyl sites for hydroxylation is 2. The summed E-state index contributed by atoms with van der Waals surface area (Å²) in [5, 5.41) is 0. The van der Waals surface area contributed by atoms with Crippen molar-refractivity contribution in [2.75, 3.05) is 0 Å². The van der Waals surface area contributed by atoms with Crippen LogP contribution in [-0.2, 0) is 19.3 Å². The van der Waals surface area contributed by atoms with E-state index >= 15 is 0 Å². The molecule has 1 aliphatic carbocycles. The van der Waals surface area contributed by atoms with Crippen LogP contribution in [0.25, 0.3) is 11.4 Å². The van der Waals surface area contributed by atoms with Gasteiger partial charge in [-0.1, -0.05) is 31.2 Å². The zero-order valence-electron chi connectivity index (χ0n) is 11.2. The molecular weight excluding hydrogens is 236 g/mol. The Morgan fingerprint density at radius 3 is 2.84 bits per heavy atom. The van der Waals surface area contributed by atoms with Crippen LogP contribution in [0.2, 0.25) is 0 Å². The smallest absolute Gasteiger partial charge is 0.254 e. The molecule has 0 fully saturated rings. The molecule has 0 spiro atoms. The Morgan fingerprint density at radius 1 is 1.21 bits per heavy atom. The molecule has 0 unspecified atom stereocenters. The van der Waals surface area contributed by atoms with E-state index < -0.39 is 0 Å². The summed E-state index contributed by atoms with van der Waals surface area (Å²) in [4.78, 5) is 19.8. The van der Waals surface area contributed by atoms with Crippen LogP contribution in [0.4, 0.5) is 0 Å². The van der Waals surface area contributed by atoms with Gasteiger partial charge in [-0.3, -0.25) is 4.79 Å². The minimum absolute atomic E-state index is 0.0469. The standard InChI is InChI=1S/C16H18N2O/c1-2-11-7-3-4-8-12(11)15-17-14-10-6-5-9-13(14)16(19)18-15/h3-4,7-8H,2,5-6,9-10H2,1H3,(H,17,18,19). The number of aromatic amines is 1. The number of hydrogen-bond acceptors (Lipinski definition) is 2. The first-order valence-corrected chi connectivity index (χ1v) is 7.00. The van der Waals surface area contributed by atoms with Gasteiger partial charge >= 0.3 is 0 Å². The predicted molar refractivity (Wildman–Crippen MR) is 76.3 cm³/mol. The zero-order chi connectivity index (χ0) is 13.2. The van der Waals surface area contributed by atoms with Gasteiger partial charge in [-0.05, 0) is 37.7 Å². The quantitative estimate of drug-likeness (QED) is 0.895. The van der Waals surface area contributed by atoms with Gasteiger partial charge in [-0.25, -0.2) is 4.98 Å². The first-order valence-electron chi connectivity index (χ1n) is 7.00. The van der Waals surface area contributed by atoms with Gasteiger partial charge in [0.1, 0.15) is 5.82 Å². The molecule has 0 atom stereocenters. The van der Waals surface area contributed by atoms with Crippen molar-refractivity contribution in [1.82, 2.24) is 9.97 Å². The molecule has 0 aliphatic heterocycles. The highest BCUT2D eigenvalue weighted by molar-refractivity contribution is 5.60. The van der Waals surface area contributed by atoms with Gasteiger partial charge in [0.25, 0.3) is 5.56 Å². The largest absolute Gasteiger partial charge is 0.306 e. The van der Waals surface area contributed by atoms with Crippen LogP contribution >= 0.6 is 0 Å². The molecule has 0 saturated carbocycles. The Balaban J connectivity index is 2.16. The predicted octanol–water partition coefficient (Wildman–Crippen LogP) is 2.88. The summed E-state index contributed by atoms with van der Waals surface area (Å²) in [6.07, 6.45) is 4.98. The van der Waals surface area contributed by atoms with Crippen molar-refractivity contribution >= 4 is 0 Å². The minimum atomic E-state index is 0.0469. The van der Waals surface area contributed by atoms with E-state index in [0.29, 0.717) is 0 Å². The first kappa shape index (κ1) is 12.2. The van der Waals surface area contributed by atoms with E-state index in [-0.39, 0.29) is 5.56 Å². The lowest BCUT2D eigenvalue weighted by Gasteiger charge is -2.15. The Kier molecular flexibility index (Phi) is 3.20. The summed E-state index contributed by atoms with van der Waals surface area (Å²) in [6, 6.07) is 8.15. The van der Waals surface area contributed by atoms with Crippen LogP contribution in [0, 0.1) is 0 Å². The summed E-state index contributed by atoms with van der Waals surface area (Å²) in [5.41, 5.74) is 4.21. The second-order valence-corrected chi connectivity index (χ2v) is 5.06. The highest BCUT2D eigenvalue weighted by Crippen LogP contribution is 2.22. The highest BCUT2D eigenvalue weighted by atomic mass is 16.1. The number of benzene rings is 1. The maximum absolute atomic E-state index is 12.2. The number of nitrogens with one attached hydrogen (secondary N) is 1. The second kappa shape index (κ2) is 5.00. The topological polar surface area (TPSA) is 45.8 Å². The molecule has 3 nitrogen and oxygen atoms in total. The van der Waals surface area contributed by atoms with Crippen LogP contribution in [-0.4, -0.2) is 9.97 Å². The monoisotopic (exact) mass is 254 g/mol. The van der Waals surface area contributed by atoms with E-state index in [1.165, 1.54) is 5.56 Å². The van der Waals surface area contributed by atoms with E-state index in [1.54, 1.807) is 0 Å². The number of nitrogens with zero attached hydrogens (tertiary/aromatic N) is 1. The molecule has 1 aromatic carbocycles. The number of aromatic nitrogens is 2. The van der Waals surface area contributed by atoms with Gasteiger partial charge < -0.3 is 4.98 Å². The van der Waals surface area contributed by atoms with E-state index in [9.17, 15) is 4.79 Å². The van der Waals surface area contributed by atoms with Gasteiger partial charge in [0, 0.05) is 11.1 Å². The number of H-pyrrole nitrogens is 1. The van der Waals surface area contributed by atoms with Crippen LogP contribution in [0.1, 0.15) is 36.6 Å². The van der Waals surface area contributed by atoms with E-state index in [4.69, 9.17) is 4.98 Å². The van der Waals surface area contributed by atoms with Crippen molar-refractivity contribution in [3.05, 3.63) is 51.4 Å². The Hall–Kier alpha value is -1.90. The number of rotatable bonds is 2. The molecule has 0 amide bonds. The normalized spacial score (nSPS) is 14.2. The third-order valence-electron chi connectivity index (χ3n) is 3.84. The maximum Gasteiger partial charge on any atom is 0.254 e. The lowest BCUT2D eigenvalue weighted by molar-refractivity contribution is 0.657. The van der Waals surface area contributed by atoms with Crippen LogP contribution in [0.3, 0.4) is 0 Å². The molecule has 0 saturated heterocycles. The van der Waals surface area contributed by atoms with Gasteiger partial charge in [0.15, 0.2) is 0 Å². The van der Waals surface area contributed by atoms with Crippen molar-refractivity contribution < 1.29 is 0 Å². The summed E-state index contributed by atoms with van der Waals surface area (Å²) in [7, 11) is 0. The third-order valence-corrected chi connectivity index (χ3v) is 3.84. The molecule has 98 valence electrons. The van der Waals surface area contributed by atoms with Gasteiger partial charge in [0.2, 0.25) is 0 Å². The minimum Gasteiger partial charge on any atom is -0.306 e. The average Bonchev–Trinajstić information content (AvgIpc) is 2.47. The maximum atomic E-state index is 12.2. The summed E-state index contributed by atoms with van der Waals surface area (Å²) >= 11 is 0. The lowest BCUT2D eigenvalue weighted by atomic mass is 9.96. The molecule has 1 aliphatic rings. The summed E-state index contributed by atoms with van der Waals surface area (Å²) in [6.45, 7) is 2.12. The summed E-state index contributed by atoms with van der Waals surface area (Å²) in [5.74, 6) is 0.725. The number of hydrogen-bond donors (Lipinski definition) is 1. The SMILES string of the molecule is CCc1ccccc1-c1nc2c(c(=O)[nH]1)CCCC2. The van der Waals surface area contributed by atoms with Gasteiger partial charge in [0.05, 0.1) is 5.69 Å². The van der Waals surface area contributed by atoms with Crippen molar-refractivity contribution in [3.63, 3.8) is 0 Å². The second-order valence-electron chi connectivity index (χ2n) is 5.06. The van der Waals surface area contributed by atoms with Crippen molar-refractivity contribution in [3.8, 4) is 11.4 Å². The highest BCUT2D eigenvalue weighted by Gasteiger charge is 2.16. The molecule has 1 aromatic heterocycles. The van der Waals surface area contributed by atoms with Crippen LogP contribution < -0.4 is 5.56 Å². The van der Waals surface area contributed by atoms with Gasteiger partial charge in [-0.2, -0.15) is 0 Å². The fourth-order valence-corrected chi connectivity index (χ4v) is 2.79. The van der Waals surface area contributed by atoms with Gasteiger partial charge in [-0.15, -0.1) is 0 Å². The fourth-order valence-electron chi connectivity index (χ4n) is 2.79. The molecule has 1 N–H and O–H groups in total. The molecule has 19 heavy (non-hydrogen) atoms. The molecular formula is C16H18N2O. The van der Waals surface area contributed by atoms with E-state index in [0.717, 1.165) is 54.7 Å². The van der Waals surface area contributed by atoms with Crippen LogP contribution in [0.5, 0.6) is 0 Å². The molecule has 0 bridgehead atoms. The first-order chi connectivity index (χ1) is 9.29. The molecule has 3 heteroatoms. The Labute approximate surface area is 112 Å². The van der Waals surface area contributed by atoms with Crippen molar-refractivity contribution in [1.29, 1.82) is 0 Å². The molecule has 1 heterocycles. The van der Waals surface area contributed by atoms with Crippen molar-refractivity contribution in [2.45, 2.75) is 39.0 Å². The van der Waals surface area contributed by atoms with E-state index in [2.05, 4.69) is 18.0 Å². The average molecular weight is 254 g/mol. The zero-order valence-corrected chi connectivity index (χ0v) is 11.2. The summed E-state index contributed by atoms with van der Waals surface area (Å²) < 4.78 is 0. The molecule has 3 rings (SSSR count). The Morgan fingerprint density at radius 2 is 2.00 bits per heavy atom. The fraction of sp³-hybridized carbons (Fsp3) is 0.375.